The van der Waals surface area contributed by atoms with Crippen molar-refractivity contribution >= 4 is 27.6 Å². The van der Waals surface area contributed by atoms with E-state index in [9.17, 15) is 4.79 Å². The first-order valence-corrected chi connectivity index (χ1v) is 11.7. The molecule has 0 radical (unpaired) electrons. The number of aryl methyl sites for hydroxylation is 2. The molecule has 1 aliphatic rings. The van der Waals surface area contributed by atoms with Gasteiger partial charge in [0.15, 0.2) is 11.5 Å². The number of anilines is 1. The van der Waals surface area contributed by atoms with Crippen LogP contribution in [-0.4, -0.2) is 46.8 Å². The van der Waals surface area contributed by atoms with E-state index in [0.29, 0.717) is 16.9 Å². The number of fused-ring (bicyclic) bond motifs is 2. The summed E-state index contributed by atoms with van der Waals surface area (Å²) in [7, 11) is 3.24. The second-order valence-corrected chi connectivity index (χ2v) is 8.72. The van der Waals surface area contributed by atoms with Crippen LogP contribution in [0.1, 0.15) is 37.2 Å². The monoisotopic (exact) mass is 459 g/mol. The third-order valence-electron chi connectivity index (χ3n) is 6.69. The fraction of sp³-hybridized carbons (Fsp3) is 0.385. The molecule has 0 amide bonds. The average Bonchev–Trinajstić information content (AvgIpc) is 2.87. The molecule has 0 N–H and O–H groups in total. The highest BCUT2D eigenvalue weighted by Gasteiger charge is 2.26. The Labute approximate surface area is 198 Å². The maximum absolute atomic E-state index is 13.5. The smallest absolute Gasteiger partial charge is 0.261 e. The lowest BCUT2D eigenvalue weighted by atomic mass is 10.0. The molecule has 1 fully saturated rings. The number of hydrogen-bond donors (Lipinski definition) is 0. The standard InChI is InChI=1S/C26H29N5O3/c1-5-24-29-20-7-6-16(2)12-19(20)26(32)31(24)17-8-10-30(11-9-17)25-18-13-22(33-3)23(34-4)14-21(18)27-15-28-25/h6-7,12-15,17H,5,8-11H2,1-4H3. The summed E-state index contributed by atoms with van der Waals surface area (Å²) in [5, 5.41) is 1.62. The van der Waals surface area contributed by atoms with Gasteiger partial charge in [0.25, 0.3) is 5.56 Å². The molecule has 0 spiro atoms. The Bertz CT molecular complexity index is 1420. The lowest BCUT2D eigenvalue weighted by molar-refractivity contribution is 0.355. The van der Waals surface area contributed by atoms with Crippen molar-refractivity contribution in [1.82, 2.24) is 19.5 Å². The summed E-state index contributed by atoms with van der Waals surface area (Å²) in [4.78, 5) is 29.6. The Morgan fingerprint density at radius 2 is 1.71 bits per heavy atom. The fourth-order valence-electron chi connectivity index (χ4n) is 4.94. The molecule has 3 heterocycles. The number of nitrogens with zero attached hydrogens (tertiary/aromatic N) is 5. The summed E-state index contributed by atoms with van der Waals surface area (Å²) in [5.41, 5.74) is 2.72. The highest BCUT2D eigenvalue weighted by Crippen LogP contribution is 2.36. The molecule has 176 valence electrons. The van der Waals surface area contributed by atoms with Crippen molar-refractivity contribution in [3.8, 4) is 11.5 Å². The van der Waals surface area contributed by atoms with E-state index >= 15 is 0 Å². The predicted molar refractivity (Wildman–Crippen MR) is 133 cm³/mol. The van der Waals surface area contributed by atoms with Crippen molar-refractivity contribution in [2.24, 2.45) is 0 Å². The van der Waals surface area contributed by atoms with Gasteiger partial charge in [-0.2, -0.15) is 0 Å². The zero-order valence-corrected chi connectivity index (χ0v) is 20.0. The molecular formula is C26H29N5O3. The van der Waals surface area contributed by atoms with Crippen LogP contribution >= 0.6 is 0 Å². The van der Waals surface area contributed by atoms with Crippen molar-refractivity contribution < 1.29 is 9.47 Å². The lowest BCUT2D eigenvalue weighted by Gasteiger charge is -2.35. The molecule has 8 nitrogen and oxygen atoms in total. The van der Waals surface area contributed by atoms with Gasteiger partial charge in [0.05, 0.1) is 30.6 Å². The average molecular weight is 460 g/mol. The number of hydrogen-bond acceptors (Lipinski definition) is 7. The first-order valence-electron chi connectivity index (χ1n) is 11.7. The summed E-state index contributed by atoms with van der Waals surface area (Å²) >= 11 is 0. The maximum atomic E-state index is 13.5. The van der Waals surface area contributed by atoms with Crippen molar-refractivity contribution in [2.45, 2.75) is 39.2 Å². The van der Waals surface area contributed by atoms with Gasteiger partial charge in [-0.1, -0.05) is 18.6 Å². The Morgan fingerprint density at radius 3 is 2.41 bits per heavy atom. The molecule has 34 heavy (non-hydrogen) atoms. The second-order valence-electron chi connectivity index (χ2n) is 8.72. The number of aromatic nitrogens is 4. The molecule has 2 aromatic carbocycles. The van der Waals surface area contributed by atoms with Crippen LogP contribution in [0.5, 0.6) is 11.5 Å². The van der Waals surface area contributed by atoms with Crippen molar-refractivity contribution in [3.05, 3.63) is 58.4 Å². The zero-order valence-electron chi connectivity index (χ0n) is 20.0. The molecule has 4 aromatic rings. The Balaban J connectivity index is 1.47. The number of benzene rings is 2. The van der Waals surface area contributed by atoms with Crippen molar-refractivity contribution in [1.29, 1.82) is 0 Å². The Kier molecular flexibility index (Phi) is 5.81. The van der Waals surface area contributed by atoms with Gasteiger partial charge in [0.1, 0.15) is 18.0 Å². The maximum Gasteiger partial charge on any atom is 0.261 e. The van der Waals surface area contributed by atoms with Gasteiger partial charge >= 0.3 is 0 Å². The Hall–Kier alpha value is -3.68. The van der Waals surface area contributed by atoms with Crippen LogP contribution in [0.4, 0.5) is 5.82 Å². The topological polar surface area (TPSA) is 82.4 Å². The van der Waals surface area contributed by atoms with Crippen LogP contribution in [0.3, 0.4) is 0 Å². The minimum absolute atomic E-state index is 0.0633. The largest absolute Gasteiger partial charge is 0.493 e. The molecule has 0 bridgehead atoms. The summed E-state index contributed by atoms with van der Waals surface area (Å²) in [5.74, 6) is 3.02. The highest BCUT2D eigenvalue weighted by atomic mass is 16.5. The van der Waals surface area contributed by atoms with Gasteiger partial charge in [0, 0.05) is 37.0 Å². The summed E-state index contributed by atoms with van der Waals surface area (Å²) < 4.78 is 12.9. The quantitative estimate of drug-likeness (QED) is 0.445. The molecule has 0 unspecified atom stereocenters. The summed E-state index contributed by atoms with van der Waals surface area (Å²) in [6.45, 7) is 5.63. The zero-order chi connectivity index (χ0) is 23.8. The molecule has 5 rings (SSSR count). The van der Waals surface area contributed by atoms with E-state index in [2.05, 4.69) is 21.8 Å². The first kappa shape index (κ1) is 22.1. The van der Waals surface area contributed by atoms with Gasteiger partial charge in [-0.25, -0.2) is 15.0 Å². The molecule has 8 heteroatoms. The normalized spacial score (nSPS) is 14.6. The van der Waals surface area contributed by atoms with Gasteiger partial charge in [-0.05, 0) is 38.0 Å². The van der Waals surface area contributed by atoms with E-state index in [1.54, 1.807) is 20.5 Å². The van der Waals surface area contributed by atoms with Gasteiger partial charge < -0.3 is 14.4 Å². The van der Waals surface area contributed by atoms with Crippen LogP contribution in [0.25, 0.3) is 21.8 Å². The Morgan fingerprint density at radius 1 is 0.971 bits per heavy atom. The van der Waals surface area contributed by atoms with Crippen LogP contribution in [0.15, 0.2) is 41.5 Å². The number of ether oxygens (including phenoxy) is 2. The number of rotatable bonds is 5. The van der Waals surface area contributed by atoms with Crippen LogP contribution < -0.4 is 19.9 Å². The van der Waals surface area contributed by atoms with E-state index in [1.165, 1.54) is 0 Å². The highest BCUT2D eigenvalue weighted by molar-refractivity contribution is 5.92. The van der Waals surface area contributed by atoms with Gasteiger partial charge in [-0.3, -0.25) is 9.36 Å². The second kappa shape index (κ2) is 8.93. The van der Waals surface area contributed by atoms with Crippen LogP contribution in [-0.2, 0) is 6.42 Å². The fourth-order valence-corrected chi connectivity index (χ4v) is 4.94. The van der Waals surface area contributed by atoms with E-state index < -0.39 is 0 Å². The molecule has 0 atom stereocenters. The summed E-state index contributed by atoms with van der Waals surface area (Å²) in [6.07, 6.45) is 3.98. The van der Waals surface area contributed by atoms with Gasteiger partial charge in [-0.15, -0.1) is 0 Å². The molecule has 1 saturated heterocycles. The molecule has 2 aromatic heterocycles. The van der Waals surface area contributed by atoms with Gasteiger partial charge in [0.2, 0.25) is 0 Å². The third-order valence-corrected chi connectivity index (χ3v) is 6.69. The molecule has 0 saturated carbocycles. The minimum atomic E-state index is 0.0633. The molecule has 1 aliphatic heterocycles. The van der Waals surface area contributed by atoms with Crippen molar-refractivity contribution in [2.75, 3.05) is 32.2 Å². The predicted octanol–water partition coefficient (Wildman–Crippen LogP) is 4.07. The first-order chi connectivity index (χ1) is 16.5. The SMILES string of the molecule is CCc1nc2ccc(C)cc2c(=O)n1C1CCN(c2ncnc3cc(OC)c(OC)cc23)CC1. The lowest BCUT2D eigenvalue weighted by Crippen LogP contribution is -2.39. The minimum Gasteiger partial charge on any atom is -0.493 e. The van der Waals surface area contributed by atoms with E-state index in [-0.39, 0.29) is 11.6 Å². The molecular weight excluding hydrogens is 430 g/mol. The van der Waals surface area contributed by atoms with E-state index in [0.717, 1.165) is 66.0 Å². The molecule has 0 aliphatic carbocycles. The van der Waals surface area contributed by atoms with E-state index in [4.69, 9.17) is 14.5 Å². The summed E-state index contributed by atoms with van der Waals surface area (Å²) in [6, 6.07) is 9.82. The number of methoxy groups -OCH3 is 2. The van der Waals surface area contributed by atoms with Crippen LogP contribution in [0.2, 0.25) is 0 Å². The number of piperidine rings is 1. The van der Waals surface area contributed by atoms with Crippen molar-refractivity contribution in [3.63, 3.8) is 0 Å². The third kappa shape index (κ3) is 3.73. The van der Waals surface area contributed by atoms with E-state index in [1.807, 2.05) is 41.8 Å². The van der Waals surface area contributed by atoms with Crippen LogP contribution in [0, 0.1) is 6.92 Å².